The number of nitrogens with zero attached hydrogens (tertiary/aromatic N) is 2. The van der Waals surface area contributed by atoms with E-state index in [1.165, 1.54) is 12.0 Å². The Hall–Kier alpha value is -2.26. The van der Waals surface area contributed by atoms with E-state index in [9.17, 15) is 29.4 Å². The van der Waals surface area contributed by atoms with E-state index in [1.54, 1.807) is 13.8 Å². The minimum absolute atomic E-state index is 0.0159. The Morgan fingerprint density at radius 3 is 2.15 bits per heavy atom. The number of hydrogen-bond donors (Lipinski definition) is 2. The second-order valence-corrected chi connectivity index (χ2v) is 21.9. The molecule has 310 valence electrons. The Bertz CT molecular complexity index is 1580. The molecule has 9 heteroatoms. The molecule has 0 aromatic heterocycles. The zero-order chi connectivity index (χ0) is 40.7. The molecule has 9 nitrogen and oxygen atoms in total. The Morgan fingerprint density at radius 1 is 0.891 bits per heavy atom. The fraction of sp³-hybridized carbons (Fsp3) is 0.870. The van der Waals surface area contributed by atoms with Gasteiger partial charge >= 0.3 is 11.9 Å². The van der Waals surface area contributed by atoms with Crippen molar-refractivity contribution in [2.45, 2.75) is 158 Å². The zero-order valence-corrected chi connectivity index (χ0v) is 36.2. The molecule has 1 amide bonds. The normalized spacial score (nSPS) is 37.7. The first-order chi connectivity index (χ1) is 25.4. The van der Waals surface area contributed by atoms with Crippen molar-refractivity contribution >= 4 is 23.6 Å². The molecule has 0 bridgehead atoms. The predicted octanol–water partition coefficient (Wildman–Crippen LogP) is 7.93. The summed E-state index contributed by atoms with van der Waals surface area (Å²) in [6.07, 6.45) is 10.2. The van der Waals surface area contributed by atoms with Crippen LogP contribution in [0, 0.1) is 62.1 Å². The summed E-state index contributed by atoms with van der Waals surface area (Å²) in [6.45, 7) is 20.8. The van der Waals surface area contributed by atoms with Gasteiger partial charge in [-0.3, -0.25) is 19.2 Å². The number of amides is 1. The third kappa shape index (κ3) is 6.85. The maximum absolute atomic E-state index is 14.2. The highest BCUT2D eigenvalue weighted by molar-refractivity contribution is 6.00. The average molecular weight is 767 g/mol. The van der Waals surface area contributed by atoms with Crippen LogP contribution in [0.1, 0.15) is 146 Å². The van der Waals surface area contributed by atoms with Crippen LogP contribution in [0.4, 0.5) is 0 Å². The molecule has 6 rings (SSSR count). The number of ether oxygens (including phenoxy) is 1. The number of esters is 1. The minimum atomic E-state index is -1.17. The summed E-state index contributed by atoms with van der Waals surface area (Å²) in [5.74, 6) is 0.390. The second kappa shape index (κ2) is 14.5. The predicted molar refractivity (Wildman–Crippen MR) is 214 cm³/mol. The van der Waals surface area contributed by atoms with Gasteiger partial charge in [-0.1, -0.05) is 60.5 Å². The van der Waals surface area contributed by atoms with Gasteiger partial charge in [-0.05, 0) is 144 Å². The van der Waals surface area contributed by atoms with Gasteiger partial charge in [0.05, 0.1) is 24.5 Å². The van der Waals surface area contributed by atoms with Crippen LogP contribution < -0.4 is 0 Å². The van der Waals surface area contributed by atoms with E-state index in [1.807, 2.05) is 23.9 Å². The number of fused-ring (bicyclic) bond motifs is 7. The molecule has 5 saturated carbocycles. The van der Waals surface area contributed by atoms with Crippen LogP contribution in [-0.4, -0.2) is 89.6 Å². The van der Waals surface area contributed by atoms with Gasteiger partial charge in [0.1, 0.15) is 6.10 Å². The molecular weight excluding hydrogens is 693 g/mol. The lowest BCUT2D eigenvalue weighted by Gasteiger charge is -2.72. The number of carbonyl (C=O) groups is 4. The standard InChI is InChI=1S/C46H74N2O7/c1-28(2)38-31(49)23-46(34(50)26-48(25-29-13-12-14-29)36(51)27-47(10)11)22-21-44(8)30(39(38)46)15-16-33-43(7)19-18-35(55-37(52)24-41(3,4)40(53)54)42(5,6)32(43)17-20-45(33,44)9/h28-30,32-35,50H,12-27H2,1-11H3,(H,53,54)/t30-,32+,33-,34+,35+,43+,44-,45-,46+/m1/s1. The summed E-state index contributed by atoms with van der Waals surface area (Å²) in [5.41, 5.74) is 0.116. The Kier molecular flexibility index (Phi) is 11.2. The minimum Gasteiger partial charge on any atom is -0.481 e. The molecular formula is C46H74N2O7. The summed E-state index contributed by atoms with van der Waals surface area (Å²) < 4.78 is 6.18. The van der Waals surface area contributed by atoms with E-state index in [-0.39, 0.29) is 64.3 Å². The van der Waals surface area contributed by atoms with E-state index in [0.29, 0.717) is 37.3 Å². The fourth-order valence-corrected chi connectivity index (χ4v) is 13.9. The topological polar surface area (TPSA) is 124 Å². The molecule has 0 unspecified atom stereocenters. The maximum atomic E-state index is 14.2. The number of carbonyl (C=O) groups excluding carboxylic acids is 3. The number of allylic oxidation sites excluding steroid dienone is 1. The molecule has 5 fully saturated rings. The molecule has 0 aromatic carbocycles. The number of carboxylic acids is 1. The van der Waals surface area contributed by atoms with E-state index in [4.69, 9.17) is 4.74 Å². The fourth-order valence-electron chi connectivity index (χ4n) is 13.9. The van der Waals surface area contributed by atoms with Crippen molar-refractivity contribution in [1.82, 2.24) is 9.80 Å². The summed E-state index contributed by atoms with van der Waals surface area (Å²) >= 11 is 0. The quantitative estimate of drug-likeness (QED) is 0.192. The summed E-state index contributed by atoms with van der Waals surface area (Å²) in [6, 6.07) is 0. The number of Topliss-reactive ketones (excluding diaryl/α,β-unsaturated/α-hetero) is 1. The van der Waals surface area contributed by atoms with E-state index in [0.717, 1.165) is 69.8 Å². The van der Waals surface area contributed by atoms with Gasteiger partial charge in [0.25, 0.3) is 0 Å². The zero-order valence-electron chi connectivity index (χ0n) is 36.2. The molecule has 0 aromatic rings. The number of likely N-dealkylation sites (N-methyl/N-ethyl adjacent to an activating group) is 1. The van der Waals surface area contributed by atoms with E-state index < -0.39 is 28.9 Å². The highest BCUT2D eigenvalue weighted by Gasteiger charge is 2.71. The highest BCUT2D eigenvalue weighted by atomic mass is 16.5. The largest absolute Gasteiger partial charge is 0.481 e. The Morgan fingerprint density at radius 2 is 1.56 bits per heavy atom. The molecule has 2 N–H and O–H groups in total. The smallest absolute Gasteiger partial charge is 0.309 e. The molecule has 0 aliphatic heterocycles. The average Bonchev–Trinajstić information content (AvgIpc) is 3.36. The SMILES string of the molecule is CC(C)C1=C2[C@H]3CC[C@@H]4[C@@]5(C)CC[C@H](OC(=O)CC(C)(C)C(=O)O)C(C)(C)[C@@H]5CC[C@@]4(C)[C@]3(C)CC[C@@]2([C@@H](O)CN(CC2CCC2)C(=O)CN(C)C)CC1=O. The van der Waals surface area contributed by atoms with Gasteiger partial charge in [0.15, 0.2) is 5.78 Å². The number of rotatable bonds is 12. The molecule has 0 heterocycles. The Labute approximate surface area is 331 Å². The number of aliphatic hydroxyl groups excluding tert-OH is 1. The number of hydrogen-bond acceptors (Lipinski definition) is 7. The summed E-state index contributed by atoms with van der Waals surface area (Å²) in [5, 5.41) is 22.2. The van der Waals surface area contributed by atoms with Crippen LogP contribution in [0.5, 0.6) is 0 Å². The molecule has 6 aliphatic rings. The lowest BCUT2D eigenvalue weighted by molar-refractivity contribution is -0.235. The van der Waals surface area contributed by atoms with Gasteiger partial charge in [-0.15, -0.1) is 0 Å². The number of aliphatic carboxylic acids is 1. The van der Waals surface area contributed by atoms with Gasteiger partial charge in [0, 0.05) is 30.3 Å². The van der Waals surface area contributed by atoms with E-state index in [2.05, 4.69) is 48.5 Å². The van der Waals surface area contributed by atoms with Crippen molar-refractivity contribution in [2.24, 2.45) is 62.1 Å². The molecule has 0 radical (unpaired) electrons. The van der Waals surface area contributed by atoms with Crippen molar-refractivity contribution < 1.29 is 34.1 Å². The summed E-state index contributed by atoms with van der Waals surface area (Å²) in [4.78, 5) is 56.6. The van der Waals surface area contributed by atoms with Crippen LogP contribution in [0.3, 0.4) is 0 Å². The van der Waals surface area contributed by atoms with Crippen molar-refractivity contribution in [3.63, 3.8) is 0 Å². The molecule has 0 spiro atoms. The first kappa shape index (κ1) is 42.3. The number of aliphatic hydroxyl groups is 1. The molecule has 55 heavy (non-hydrogen) atoms. The van der Waals surface area contributed by atoms with Crippen molar-refractivity contribution in [3.05, 3.63) is 11.1 Å². The molecule has 6 aliphatic carbocycles. The van der Waals surface area contributed by atoms with Crippen LogP contribution in [-0.2, 0) is 23.9 Å². The van der Waals surface area contributed by atoms with Crippen LogP contribution in [0.25, 0.3) is 0 Å². The lowest BCUT2D eigenvalue weighted by Crippen LogP contribution is -2.66. The van der Waals surface area contributed by atoms with Gasteiger partial charge in [-0.2, -0.15) is 0 Å². The third-order valence-corrected chi connectivity index (χ3v) is 17.4. The van der Waals surface area contributed by atoms with E-state index >= 15 is 0 Å². The number of ketones is 1. The monoisotopic (exact) mass is 767 g/mol. The first-order valence-electron chi connectivity index (χ1n) is 21.8. The summed E-state index contributed by atoms with van der Waals surface area (Å²) in [7, 11) is 3.83. The third-order valence-electron chi connectivity index (χ3n) is 17.4. The van der Waals surface area contributed by atoms with Crippen LogP contribution in [0.2, 0.25) is 0 Å². The van der Waals surface area contributed by atoms with Crippen molar-refractivity contribution in [3.8, 4) is 0 Å². The molecule has 0 saturated heterocycles. The van der Waals surface area contributed by atoms with Crippen molar-refractivity contribution in [1.29, 1.82) is 0 Å². The number of carboxylic acid groups (broad SMARTS) is 1. The van der Waals surface area contributed by atoms with Crippen LogP contribution >= 0.6 is 0 Å². The van der Waals surface area contributed by atoms with Gasteiger partial charge < -0.3 is 24.7 Å². The van der Waals surface area contributed by atoms with Gasteiger partial charge in [0.2, 0.25) is 5.91 Å². The second-order valence-electron chi connectivity index (χ2n) is 21.9. The van der Waals surface area contributed by atoms with Gasteiger partial charge in [-0.25, -0.2) is 0 Å². The molecule has 9 atom stereocenters. The van der Waals surface area contributed by atoms with Crippen molar-refractivity contribution in [2.75, 3.05) is 33.7 Å². The Balaban J connectivity index is 1.29. The lowest BCUT2D eigenvalue weighted by atomic mass is 9.33. The maximum Gasteiger partial charge on any atom is 0.309 e. The first-order valence-corrected chi connectivity index (χ1v) is 21.8. The highest BCUT2D eigenvalue weighted by Crippen LogP contribution is 2.77. The van der Waals surface area contributed by atoms with Crippen LogP contribution in [0.15, 0.2) is 11.1 Å².